The van der Waals surface area contributed by atoms with Gasteiger partial charge in [-0.3, -0.25) is 4.99 Å². The third-order valence-electron chi connectivity index (χ3n) is 2.52. The number of carbonyl (C=O) groups excluding carboxylic acids is 2. The van der Waals surface area contributed by atoms with Crippen LogP contribution in [-0.2, 0) is 14.3 Å². The van der Waals surface area contributed by atoms with Gasteiger partial charge in [-0.05, 0) is 19.8 Å². The molecule has 0 fully saturated rings. The maximum Gasteiger partial charge on any atom is 0.333 e. The first-order valence-electron chi connectivity index (χ1n) is 6.89. The van der Waals surface area contributed by atoms with Gasteiger partial charge in [0.1, 0.15) is 12.6 Å². The molecule has 0 rings (SSSR count). The lowest BCUT2D eigenvalue weighted by Gasteiger charge is -2.14. The number of urea groups is 1. The summed E-state index contributed by atoms with van der Waals surface area (Å²) in [5, 5.41) is 13.7. The van der Waals surface area contributed by atoms with Crippen LogP contribution in [-0.4, -0.2) is 54.8 Å². The molecule has 1 atom stereocenters. The molecule has 23 heavy (non-hydrogen) atoms. The van der Waals surface area contributed by atoms with E-state index in [0.29, 0.717) is 6.42 Å². The van der Waals surface area contributed by atoms with Crippen LogP contribution in [0.15, 0.2) is 17.1 Å². The number of aliphatic imine (C=N–C) groups is 1. The Balaban J connectivity index is 4.06. The first-order valence-corrected chi connectivity index (χ1v) is 6.89. The molecule has 0 heterocycles. The van der Waals surface area contributed by atoms with Gasteiger partial charge < -0.3 is 31.9 Å². The molecule has 0 aliphatic carbocycles. The molecule has 0 saturated carbocycles. The van der Waals surface area contributed by atoms with E-state index in [1.165, 1.54) is 6.92 Å². The van der Waals surface area contributed by atoms with Crippen LogP contribution in [0.3, 0.4) is 0 Å². The SMILES string of the molecule is C=C(C)C(=O)OCCNC(=O)NC(CCCN=C(N)N)C(=O)O. The van der Waals surface area contributed by atoms with Crippen molar-refractivity contribution >= 4 is 23.9 Å². The second-order valence-electron chi connectivity index (χ2n) is 4.66. The quantitative estimate of drug-likeness (QED) is 0.111. The van der Waals surface area contributed by atoms with Gasteiger partial charge in [-0.2, -0.15) is 0 Å². The molecule has 0 radical (unpaired) electrons. The molecular formula is C13H23N5O5. The number of carbonyl (C=O) groups is 3. The molecule has 0 saturated heterocycles. The van der Waals surface area contributed by atoms with Gasteiger partial charge in [0, 0.05) is 12.1 Å². The van der Waals surface area contributed by atoms with E-state index in [9.17, 15) is 14.4 Å². The Bertz CT molecular complexity index is 473. The highest BCUT2D eigenvalue weighted by Crippen LogP contribution is 1.98. The summed E-state index contributed by atoms with van der Waals surface area (Å²) >= 11 is 0. The predicted octanol–water partition coefficient (Wildman–Crippen LogP) is -1.09. The number of amides is 2. The number of carboxylic acids is 1. The van der Waals surface area contributed by atoms with Crippen LogP contribution in [0, 0.1) is 0 Å². The second kappa shape index (κ2) is 10.9. The first kappa shape index (κ1) is 20.2. The maximum atomic E-state index is 11.6. The van der Waals surface area contributed by atoms with Crippen molar-refractivity contribution in [1.82, 2.24) is 10.6 Å². The van der Waals surface area contributed by atoms with Gasteiger partial charge in [0.05, 0.1) is 6.54 Å². The number of esters is 1. The third-order valence-corrected chi connectivity index (χ3v) is 2.52. The Labute approximate surface area is 133 Å². The van der Waals surface area contributed by atoms with Crippen molar-refractivity contribution < 1.29 is 24.2 Å². The van der Waals surface area contributed by atoms with Gasteiger partial charge in [0.15, 0.2) is 5.96 Å². The molecular weight excluding hydrogens is 306 g/mol. The summed E-state index contributed by atoms with van der Waals surface area (Å²) in [5.41, 5.74) is 10.5. The fourth-order valence-corrected chi connectivity index (χ4v) is 1.40. The minimum absolute atomic E-state index is 0.0403. The molecule has 0 bridgehead atoms. The molecule has 0 aromatic rings. The normalized spacial score (nSPS) is 11.0. The van der Waals surface area contributed by atoms with E-state index in [1.807, 2.05) is 0 Å². The molecule has 10 heteroatoms. The summed E-state index contributed by atoms with van der Waals surface area (Å²) in [6, 6.07) is -1.74. The van der Waals surface area contributed by atoms with Crippen LogP contribution in [0.25, 0.3) is 0 Å². The highest BCUT2D eigenvalue weighted by Gasteiger charge is 2.19. The summed E-state index contributed by atoms with van der Waals surface area (Å²) in [5.74, 6) is -1.80. The van der Waals surface area contributed by atoms with Crippen molar-refractivity contribution in [2.75, 3.05) is 19.7 Å². The Morgan fingerprint density at radius 3 is 2.52 bits per heavy atom. The first-order chi connectivity index (χ1) is 10.7. The smallest absolute Gasteiger partial charge is 0.333 e. The Kier molecular flexibility index (Phi) is 9.56. The zero-order valence-electron chi connectivity index (χ0n) is 13.0. The van der Waals surface area contributed by atoms with Gasteiger partial charge in [-0.25, -0.2) is 14.4 Å². The Morgan fingerprint density at radius 1 is 1.35 bits per heavy atom. The van der Waals surface area contributed by atoms with E-state index in [1.54, 1.807) is 0 Å². The molecule has 0 aromatic carbocycles. The van der Waals surface area contributed by atoms with Crippen LogP contribution < -0.4 is 22.1 Å². The molecule has 0 aromatic heterocycles. The summed E-state index contributed by atoms with van der Waals surface area (Å²) < 4.78 is 4.77. The topological polar surface area (TPSA) is 169 Å². The van der Waals surface area contributed by atoms with Crippen LogP contribution in [0.1, 0.15) is 19.8 Å². The highest BCUT2D eigenvalue weighted by molar-refractivity contribution is 5.87. The number of nitrogens with two attached hydrogens (primary N) is 2. The van der Waals surface area contributed by atoms with Gasteiger partial charge in [-0.15, -0.1) is 0 Å². The molecule has 1 unspecified atom stereocenters. The van der Waals surface area contributed by atoms with Gasteiger partial charge in [0.2, 0.25) is 0 Å². The Morgan fingerprint density at radius 2 is 2.00 bits per heavy atom. The molecule has 0 spiro atoms. The largest absolute Gasteiger partial charge is 0.480 e. The minimum Gasteiger partial charge on any atom is -0.480 e. The van der Waals surface area contributed by atoms with Crippen molar-refractivity contribution in [3.05, 3.63) is 12.2 Å². The van der Waals surface area contributed by atoms with E-state index in [0.717, 1.165) is 0 Å². The van der Waals surface area contributed by atoms with E-state index in [2.05, 4.69) is 22.2 Å². The molecule has 2 amide bonds. The summed E-state index contributed by atoms with van der Waals surface area (Å²) in [7, 11) is 0. The number of ether oxygens (including phenoxy) is 1. The van der Waals surface area contributed by atoms with E-state index >= 15 is 0 Å². The molecule has 0 aliphatic rings. The number of nitrogens with zero attached hydrogens (tertiary/aromatic N) is 1. The summed E-state index contributed by atoms with van der Waals surface area (Å²) in [6.07, 6.45) is 0.565. The Hall–Kier alpha value is -2.78. The van der Waals surface area contributed by atoms with Crippen molar-refractivity contribution in [2.45, 2.75) is 25.8 Å². The van der Waals surface area contributed by atoms with Crippen LogP contribution in [0.4, 0.5) is 4.79 Å². The van der Waals surface area contributed by atoms with Crippen molar-refractivity contribution in [1.29, 1.82) is 0 Å². The number of hydrogen-bond acceptors (Lipinski definition) is 5. The lowest BCUT2D eigenvalue weighted by atomic mass is 10.1. The third kappa shape index (κ3) is 10.6. The van der Waals surface area contributed by atoms with Crippen molar-refractivity contribution in [2.24, 2.45) is 16.5 Å². The fourth-order valence-electron chi connectivity index (χ4n) is 1.40. The number of rotatable bonds is 10. The van der Waals surface area contributed by atoms with Crippen LogP contribution >= 0.6 is 0 Å². The average Bonchev–Trinajstić information content (AvgIpc) is 2.45. The van der Waals surface area contributed by atoms with E-state index in [-0.39, 0.29) is 37.6 Å². The van der Waals surface area contributed by atoms with E-state index < -0.39 is 24.0 Å². The lowest BCUT2D eigenvalue weighted by molar-refractivity contribution is -0.139. The highest BCUT2D eigenvalue weighted by atomic mass is 16.5. The molecule has 10 nitrogen and oxygen atoms in total. The lowest BCUT2D eigenvalue weighted by Crippen LogP contribution is -2.46. The molecule has 130 valence electrons. The van der Waals surface area contributed by atoms with Gasteiger partial charge in [0.25, 0.3) is 0 Å². The zero-order chi connectivity index (χ0) is 17.8. The fraction of sp³-hybridized carbons (Fsp3) is 0.538. The monoisotopic (exact) mass is 329 g/mol. The van der Waals surface area contributed by atoms with Crippen molar-refractivity contribution in [3.63, 3.8) is 0 Å². The molecule has 0 aliphatic heterocycles. The van der Waals surface area contributed by atoms with Crippen LogP contribution in [0.5, 0.6) is 0 Å². The van der Waals surface area contributed by atoms with Crippen LogP contribution in [0.2, 0.25) is 0 Å². The number of nitrogens with one attached hydrogen (secondary N) is 2. The van der Waals surface area contributed by atoms with Crippen molar-refractivity contribution in [3.8, 4) is 0 Å². The summed E-state index contributed by atoms with van der Waals surface area (Å²) in [6.45, 7) is 5.19. The second-order valence-corrected chi connectivity index (χ2v) is 4.66. The number of guanidine groups is 1. The maximum absolute atomic E-state index is 11.6. The number of aliphatic carboxylic acids is 1. The summed E-state index contributed by atoms with van der Waals surface area (Å²) in [4.78, 5) is 37.4. The number of hydrogen-bond donors (Lipinski definition) is 5. The zero-order valence-corrected chi connectivity index (χ0v) is 13.0. The molecule has 7 N–H and O–H groups in total. The standard InChI is InChI=1S/C13H23N5O5/c1-8(2)11(21)23-7-6-17-13(22)18-9(10(19)20)4-3-5-16-12(14)15/h9H,1,3-7H2,2H3,(H,19,20)(H4,14,15,16)(H2,17,18,22). The predicted molar refractivity (Wildman–Crippen MR) is 83.6 cm³/mol. The minimum atomic E-state index is -1.17. The average molecular weight is 329 g/mol. The van der Waals surface area contributed by atoms with Gasteiger partial charge in [-0.1, -0.05) is 6.58 Å². The van der Waals surface area contributed by atoms with Gasteiger partial charge >= 0.3 is 18.0 Å². The van der Waals surface area contributed by atoms with E-state index in [4.69, 9.17) is 21.3 Å². The number of carboxylic acid groups (broad SMARTS) is 1.